The van der Waals surface area contributed by atoms with Crippen molar-refractivity contribution in [3.63, 3.8) is 0 Å². The van der Waals surface area contributed by atoms with Gasteiger partial charge in [-0.25, -0.2) is 8.42 Å². The van der Waals surface area contributed by atoms with Gasteiger partial charge in [0.15, 0.2) is 4.90 Å². The normalized spacial score (nSPS) is 10.8. The van der Waals surface area contributed by atoms with Crippen molar-refractivity contribution in [2.75, 3.05) is 10.0 Å². The molecule has 2 N–H and O–H groups in total. The summed E-state index contributed by atoms with van der Waals surface area (Å²) < 4.78 is 27.6. The molecule has 0 atom stereocenters. The molecule has 0 bridgehead atoms. The summed E-state index contributed by atoms with van der Waals surface area (Å²) in [6.07, 6.45) is 0. The molecule has 0 aliphatic rings. The number of benzene rings is 3. The molecule has 10 heteroatoms. The lowest BCUT2D eigenvalue weighted by molar-refractivity contribution is -0.387. The van der Waals surface area contributed by atoms with E-state index < -0.39 is 37.2 Å². The number of nitrogens with one attached hydrogen (secondary N) is 2. The maximum absolute atomic E-state index is 12.7. The fourth-order valence-corrected chi connectivity index (χ4v) is 3.89. The molecular formula is C20H15N3O6S. The van der Waals surface area contributed by atoms with Gasteiger partial charge < -0.3 is 5.32 Å². The zero-order chi connectivity index (χ0) is 21.7. The van der Waals surface area contributed by atoms with Crippen LogP contribution >= 0.6 is 0 Å². The zero-order valence-electron chi connectivity index (χ0n) is 15.3. The number of para-hydroxylation sites is 3. The highest BCUT2D eigenvalue weighted by Crippen LogP contribution is 2.27. The largest absolute Gasteiger partial charge is 0.319 e. The molecule has 3 aromatic rings. The van der Waals surface area contributed by atoms with Crippen molar-refractivity contribution in [1.82, 2.24) is 0 Å². The average molecular weight is 425 g/mol. The van der Waals surface area contributed by atoms with Gasteiger partial charge in [-0.15, -0.1) is 0 Å². The Morgan fingerprint density at radius 3 is 2.13 bits per heavy atom. The van der Waals surface area contributed by atoms with Crippen LogP contribution in [0.25, 0.3) is 0 Å². The number of hydrogen-bond acceptors (Lipinski definition) is 6. The number of carbonyl (C=O) groups excluding carboxylic acids is 2. The van der Waals surface area contributed by atoms with Gasteiger partial charge in [-0.2, -0.15) is 0 Å². The first-order chi connectivity index (χ1) is 14.3. The molecule has 0 saturated heterocycles. The molecule has 0 aromatic heterocycles. The van der Waals surface area contributed by atoms with Crippen LogP contribution in [0.15, 0.2) is 83.8 Å². The maximum Gasteiger partial charge on any atom is 0.296 e. The first-order valence-electron chi connectivity index (χ1n) is 8.55. The molecule has 152 valence electrons. The minimum absolute atomic E-state index is 0.177. The molecule has 1 amide bonds. The Bertz CT molecular complexity index is 1230. The van der Waals surface area contributed by atoms with E-state index in [0.29, 0.717) is 5.69 Å². The number of carbonyl (C=O) groups is 2. The van der Waals surface area contributed by atoms with Gasteiger partial charge in [0.2, 0.25) is 0 Å². The summed E-state index contributed by atoms with van der Waals surface area (Å²) in [5, 5.41) is 13.6. The second-order valence-corrected chi connectivity index (χ2v) is 7.68. The highest BCUT2D eigenvalue weighted by atomic mass is 32.2. The Kier molecular flexibility index (Phi) is 5.88. The zero-order valence-corrected chi connectivity index (χ0v) is 16.1. The quantitative estimate of drug-likeness (QED) is 0.258. The second kappa shape index (κ2) is 8.53. The SMILES string of the molecule is O=C(Nc1ccccc1)C(=O)c1ccccc1NS(=O)(=O)c1ccccc1[N+](=O)[O-]. The van der Waals surface area contributed by atoms with Crippen molar-refractivity contribution in [2.45, 2.75) is 4.90 Å². The number of nitrogens with zero attached hydrogens (tertiary/aromatic N) is 1. The standard InChI is InChI=1S/C20H15N3O6S/c24-19(20(25)21-14-8-2-1-3-9-14)15-10-4-5-11-16(15)22-30(28,29)18-13-7-6-12-17(18)23(26)27/h1-13,22H,(H,21,25). The lowest BCUT2D eigenvalue weighted by Gasteiger charge is -2.12. The Balaban J connectivity index is 1.91. The molecular weight excluding hydrogens is 410 g/mol. The van der Waals surface area contributed by atoms with Crippen molar-refractivity contribution >= 4 is 38.8 Å². The third-order valence-electron chi connectivity index (χ3n) is 4.01. The average Bonchev–Trinajstić information content (AvgIpc) is 2.74. The maximum atomic E-state index is 12.7. The van der Waals surface area contributed by atoms with Crippen molar-refractivity contribution < 1.29 is 22.9 Å². The minimum atomic E-state index is -4.41. The van der Waals surface area contributed by atoms with Crippen LogP contribution in [0, 0.1) is 10.1 Å². The van der Waals surface area contributed by atoms with Gasteiger partial charge in [-0.1, -0.05) is 42.5 Å². The van der Waals surface area contributed by atoms with Gasteiger partial charge in [-0.05, 0) is 30.3 Å². The van der Waals surface area contributed by atoms with Gasteiger partial charge in [0.25, 0.3) is 27.4 Å². The Hall–Kier alpha value is -4.05. The molecule has 0 saturated carbocycles. The number of Topliss-reactive ketones (excluding diaryl/α,β-unsaturated/α-hetero) is 1. The van der Waals surface area contributed by atoms with Crippen molar-refractivity contribution in [3.05, 3.63) is 94.5 Å². The molecule has 0 radical (unpaired) electrons. The highest BCUT2D eigenvalue weighted by Gasteiger charge is 2.27. The van der Waals surface area contributed by atoms with Crippen LogP contribution < -0.4 is 10.0 Å². The number of rotatable bonds is 7. The van der Waals surface area contributed by atoms with Crippen LogP contribution in [0.5, 0.6) is 0 Å². The van der Waals surface area contributed by atoms with E-state index in [2.05, 4.69) is 10.0 Å². The topological polar surface area (TPSA) is 135 Å². The molecule has 0 fully saturated rings. The van der Waals surface area contributed by atoms with Crippen LogP contribution in [0.4, 0.5) is 17.1 Å². The number of amides is 1. The van der Waals surface area contributed by atoms with Crippen LogP contribution in [-0.2, 0) is 14.8 Å². The van der Waals surface area contributed by atoms with E-state index in [1.807, 2.05) is 0 Å². The molecule has 0 spiro atoms. The van der Waals surface area contributed by atoms with Crippen molar-refractivity contribution in [3.8, 4) is 0 Å². The van der Waals surface area contributed by atoms with E-state index in [9.17, 15) is 28.1 Å². The van der Waals surface area contributed by atoms with Crippen LogP contribution in [-0.4, -0.2) is 25.0 Å². The predicted octanol–water partition coefficient (Wildman–Crippen LogP) is 3.22. The van der Waals surface area contributed by atoms with Gasteiger partial charge >= 0.3 is 0 Å². The number of anilines is 2. The summed E-state index contributed by atoms with van der Waals surface area (Å²) in [5.74, 6) is -1.93. The molecule has 0 unspecified atom stereocenters. The summed E-state index contributed by atoms with van der Waals surface area (Å²) in [6.45, 7) is 0. The number of sulfonamides is 1. The number of ketones is 1. The summed E-state index contributed by atoms with van der Waals surface area (Å²) in [6, 6.07) is 18.6. The second-order valence-electron chi connectivity index (χ2n) is 6.03. The monoisotopic (exact) mass is 425 g/mol. The number of hydrogen-bond donors (Lipinski definition) is 2. The third-order valence-corrected chi connectivity index (χ3v) is 5.42. The van der Waals surface area contributed by atoms with Gasteiger partial charge in [0.05, 0.1) is 16.2 Å². The fraction of sp³-hybridized carbons (Fsp3) is 0. The van der Waals surface area contributed by atoms with Gasteiger partial charge in [-0.3, -0.25) is 24.4 Å². The molecule has 0 aliphatic carbocycles. The van der Waals surface area contributed by atoms with Crippen LogP contribution in [0.1, 0.15) is 10.4 Å². The minimum Gasteiger partial charge on any atom is -0.319 e. The molecule has 9 nitrogen and oxygen atoms in total. The van der Waals surface area contributed by atoms with E-state index in [-0.39, 0.29) is 11.3 Å². The Labute approximate surface area is 171 Å². The first-order valence-corrected chi connectivity index (χ1v) is 10.0. The Morgan fingerprint density at radius 2 is 1.43 bits per heavy atom. The molecule has 30 heavy (non-hydrogen) atoms. The van der Waals surface area contributed by atoms with E-state index in [0.717, 1.165) is 12.1 Å². The number of nitro groups is 1. The third kappa shape index (κ3) is 4.50. The fourth-order valence-electron chi connectivity index (χ4n) is 2.64. The predicted molar refractivity (Wildman–Crippen MR) is 110 cm³/mol. The summed E-state index contributed by atoms with van der Waals surface area (Å²) >= 11 is 0. The van der Waals surface area contributed by atoms with Crippen molar-refractivity contribution in [1.29, 1.82) is 0 Å². The lowest BCUT2D eigenvalue weighted by atomic mass is 10.1. The van der Waals surface area contributed by atoms with E-state index in [1.165, 1.54) is 36.4 Å². The lowest BCUT2D eigenvalue weighted by Crippen LogP contribution is -2.25. The summed E-state index contributed by atoms with van der Waals surface area (Å²) in [7, 11) is -4.41. The van der Waals surface area contributed by atoms with Crippen LogP contribution in [0.3, 0.4) is 0 Å². The van der Waals surface area contributed by atoms with Crippen molar-refractivity contribution in [2.24, 2.45) is 0 Å². The Morgan fingerprint density at radius 1 is 0.833 bits per heavy atom. The van der Waals surface area contributed by atoms with E-state index in [1.54, 1.807) is 30.3 Å². The first kappa shape index (κ1) is 20.7. The highest BCUT2D eigenvalue weighted by molar-refractivity contribution is 7.92. The van der Waals surface area contributed by atoms with Crippen LogP contribution in [0.2, 0.25) is 0 Å². The van der Waals surface area contributed by atoms with E-state index >= 15 is 0 Å². The summed E-state index contributed by atoms with van der Waals surface area (Å²) in [4.78, 5) is 34.7. The summed E-state index contributed by atoms with van der Waals surface area (Å²) in [5.41, 5.74) is -0.596. The molecule has 0 aliphatic heterocycles. The van der Waals surface area contributed by atoms with Gasteiger partial charge in [0, 0.05) is 11.8 Å². The van der Waals surface area contributed by atoms with E-state index in [4.69, 9.17) is 0 Å². The molecule has 3 rings (SSSR count). The number of nitro benzene ring substituents is 1. The molecule has 0 heterocycles. The van der Waals surface area contributed by atoms with Gasteiger partial charge in [0.1, 0.15) is 0 Å². The smallest absolute Gasteiger partial charge is 0.296 e. The molecule has 3 aromatic carbocycles.